The molecule has 1 aromatic heterocycles. The Morgan fingerprint density at radius 1 is 1.32 bits per heavy atom. The van der Waals surface area contributed by atoms with Gasteiger partial charge < -0.3 is 10.0 Å². The fourth-order valence-corrected chi connectivity index (χ4v) is 2.75. The maximum absolute atomic E-state index is 12.3. The smallest absolute Gasteiger partial charge is 0.389 e. The molecule has 3 rings (SSSR count). The fourth-order valence-electron chi connectivity index (χ4n) is 2.75. The van der Waals surface area contributed by atoms with Crippen LogP contribution in [0.3, 0.4) is 0 Å². The molecular formula is C15H13F3N2O2. The van der Waals surface area contributed by atoms with E-state index in [1.165, 1.54) is 12.3 Å². The zero-order valence-corrected chi connectivity index (χ0v) is 11.5. The highest BCUT2D eigenvalue weighted by molar-refractivity contribution is 6.03. The number of halogens is 3. The molecule has 1 N–H and O–H groups in total. The van der Waals surface area contributed by atoms with Crippen LogP contribution in [0.25, 0.3) is 10.9 Å². The van der Waals surface area contributed by atoms with Gasteiger partial charge in [0, 0.05) is 42.7 Å². The highest BCUT2D eigenvalue weighted by atomic mass is 19.4. The summed E-state index contributed by atoms with van der Waals surface area (Å²) in [5.74, 6) is -1.45. The molecule has 2 heterocycles. The van der Waals surface area contributed by atoms with Crippen molar-refractivity contribution in [2.75, 3.05) is 18.0 Å². The normalized spacial score (nSPS) is 15.9. The van der Waals surface area contributed by atoms with E-state index < -0.39 is 24.5 Å². The van der Waals surface area contributed by atoms with E-state index in [9.17, 15) is 23.1 Å². The van der Waals surface area contributed by atoms with Crippen LogP contribution in [-0.4, -0.2) is 35.3 Å². The summed E-state index contributed by atoms with van der Waals surface area (Å²) in [6.07, 6.45) is -3.49. The predicted molar refractivity (Wildman–Crippen MR) is 75.1 cm³/mol. The highest BCUT2D eigenvalue weighted by Crippen LogP contribution is 2.34. The van der Waals surface area contributed by atoms with Gasteiger partial charge in [0.2, 0.25) is 0 Å². The Morgan fingerprint density at radius 2 is 2.05 bits per heavy atom. The van der Waals surface area contributed by atoms with Crippen molar-refractivity contribution < 1.29 is 23.1 Å². The molecule has 1 saturated heterocycles. The van der Waals surface area contributed by atoms with E-state index in [2.05, 4.69) is 4.98 Å². The van der Waals surface area contributed by atoms with E-state index in [1.54, 1.807) is 18.2 Å². The molecule has 116 valence electrons. The maximum Gasteiger partial charge on any atom is 0.389 e. The van der Waals surface area contributed by atoms with Crippen molar-refractivity contribution in [2.24, 2.45) is 5.92 Å². The molecule has 0 spiro atoms. The summed E-state index contributed by atoms with van der Waals surface area (Å²) in [6, 6.07) is 6.53. The van der Waals surface area contributed by atoms with Gasteiger partial charge in [0.15, 0.2) is 0 Å². The van der Waals surface area contributed by atoms with E-state index in [0.717, 1.165) is 5.69 Å². The standard InChI is InChI=1S/C15H13F3N2O2/c16-15(17,18)6-9-7-20(8-9)10-1-2-13-12(5-10)11(14(21)22)3-4-19-13/h1-5,9H,6-8H2,(H,21,22). The third-order valence-corrected chi connectivity index (χ3v) is 3.80. The number of hydrogen-bond acceptors (Lipinski definition) is 3. The molecule has 1 aliphatic rings. The Hall–Kier alpha value is -2.31. The first kappa shape index (κ1) is 14.6. The molecule has 4 nitrogen and oxygen atoms in total. The lowest BCUT2D eigenvalue weighted by Crippen LogP contribution is -2.48. The average Bonchev–Trinajstić information content (AvgIpc) is 2.40. The largest absolute Gasteiger partial charge is 0.478 e. The second-order valence-electron chi connectivity index (χ2n) is 5.46. The van der Waals surface area contributed by atoms with Crippen LogP contribution in [0.5, 0.6) is 0 Å². The number of aromatic carboxylic acids is 1. The summed E-state index contributed by atoms with van der Waals surface area (Å²) >= 11 is 0. The molecule has 0 radical (unpaired) electrons. The summed E-state index contributed by atoms with van der Waals surface area (Å²) in [4.78, 5) is 17.1. The third kappa shape index (κ3) is 2.84. The van der Waals surface area contributed by atoms with Crippen molar-refractivity contribution in [2.45, 2.75) is 12.6 Å². The average molecular weight is 310 g/mol. The topological polar surface area (TPSA) is 53.4 Å². The number of fused-ring (bicyclic) bond motifs is 1. The van der Waals surface area contributed by atoms with Crippen LogP contribution in [-0.2, 0) is 0 Å². The molecule has 2 aromatic rings. The number of anilines is 1. The molecule has 1 fully saturated rings. The molecular weight excluding hydrogens is 297 g/mol. The molecule has 1 aromatic carbocycles. The number of pyridine rings is 1. The van der Waals surface area contributed by atoms with Crippen LogP contribution in [0.15, 0.2) is 30.5 Å². The zero-order chi connectivity index (χ0) is 15.9. The Labute approximate surface area is 124 Å². The van der Waals surface area contributed by atoms with Gasteiger partial charge in [-0.3, -0.25) is 4.98 Å². The van der Waals surface area contributed by atoms with Crippen LogP contribution < -0.4 is 4.90 Å². The summed E-state index contributed by atoms with van der Waals surface area (Å²) in [5, 5.41) is 9.68. The number of hydrogen-bond donors (Lipinski definition) is 1. The minimum Gasteiger partial charge on any atom is -0.478 e. The Balaban J connectivity index is 1.82. The summed E-state index contributed by atoms with van der Waals surface area (Å²) < 4.78 is 36.9. The first-order valence-corrected chi connectivity index (χ1v) is 6.77. The number of carboxylic acid groups (broad SMARTS) is 1. The quantitative estimate of drug-likeness (QED) is 0.945. The van der Waals surface area contributed by atoms with E-state index in [0.29, 0.717) is 24.0 Å². The second kappa shape index (κ2) is 5.15. The van der Waals surface area contributed by atoms with Crippen LogP contribution in [0.4, 0.5) is 18.9 Å². The lowest BCUT2D eigenvalue weighted by atomic mass is 9.95. The maximum atomic E-state index is 12.3. The minimum atomic E-state index is -4.14. The predicted octanol–water partition coefficient (Wildman–Crippen LogP) is 3.32. The van der Waals surface area contributed by atoms with E-state index in [4.69, 9.17) is 0 Å². The van der Waals surface area contributed by atoms with Gasteiger partial charge in [-0.25, -0.2) is 4.79 Å². The molecule has 7 heteroatoms. The van der Waals surface area contributed by atoms with Gasteiger partial charge in [-0.15, -0.1) is 0 Å². The van der Waals surface area contributed by atoms with Crippen molar-refractivity contribution in [3.8, 4) is 0 Å². The number of rotatable bonds is 3. The Morgan fingerprint density at radius 3 is 2.68 bits per heavy atom. The number of alkyl halides is 3. The lowest BCUT2D eigenvalue weighted by molar-refractivity contribution is -0.146. The van der Waals surface area contributed by atoms with Gasteiger partial charge in [-0.1, -0.05) is 0 Å². The van der Waals surface area contributed by atoms with E-state index in [-0.39, 0.29) is 5.56 Å². The van der Waals surface area contributed by atoms with Crippen LogP contribution >= 0.6 is 0 Å². The molecule has 0 amide bonds. The zero-order valence-electron chi connectivity index (χ0n) is 11.5. The summed E-state index contributed by atoms with van der Waals surface area (Å²) in [7, 11) is 0. The van der Waals surface area contributed by atoms with Crippen LogP contribution in [0.2, 0.25) is 0 Å². The first-order valence-electron chi connectivity index (χ1n) is 6.77. The van der Waals surface area contributed by atoms with Gasteiger partial charge in [0.1, 0.15) is 0 Å². The van der Waals surface area contributed by atoms with E-state index >= 15 is 0 Å². The van der Waals surface area contributed by atoms with Gasteiger partial charge in [0.05, 0.1) is 11.1 Å². The lowest BCUT2D eigenvalue weighted by Gasteiger charge is -2.41. The number of aromatic nitrogens is 1. The molecule has 0 bridgehead atoms. The summed E-state index contributed by atoms with van der Waals surface area (Å²) in [6.45, 7) is 0.654. The summed E-state index contributed by atoms with van der Waals surface area (Å²) in [5.41, 5.74) is 1.41. The molecule has 0 atom stereocenters. The number of carbonyl (C=O) groups is 1. The number of benzene rings is 1. The Bertz CT molecular complexity index is 724. The SMILES string of the molecule is O=C(O)c1ccnc2ccc(N3CC(CC(F)(F)F)C3)cc12. The van der Waals surface area contributed by atoms with Crippen LogP contribution in [0.1, 0.15) is 16.8 Å². The highest BCUT2D eigenvalue weighted by Gasteiger charge is 2.38. The minimum absolute atomic E-state index is 0.138. The third-order valence-electron chi connectivity index (χ3n) is 3.80. The van der Waals surface area contributed by atoms with Gasteiger partial charge in [0.25, 0.3) is 0 Å². The van der Waals surface area contributed by atoms with Gasteiger partial charge in [-0.05, 0) is 24.3 Å². The van der Waals surface area contributed by atoms with Crippen molar-refractivity contribution in [3.63, 3.8) is 0 Å². The molecule has 22 heavy (non-hydrogen) atoms. The van der Waals surface area contributed by atoms with Crippen molar-refractivity contribution in [3.05, 3.63) is 36.0 Å². The molecule has 0 saturated carbocycles. The van der Waals surface area contributed by atoms with E-state index in [1.807, 2.05) is 4.90 Å². The molecule has 1 aliphatic heterocycles. The number of carboxylic acids is 1. The Kier molecular flexibility index (Phi) is 3.42. The van der Waals surface area contributed by atoms with Crippen molar-refractivity contribution in [1.82, 2.24) is 4.98 Å². The van der Waals surface area contributed by atoms with Crippen LogP contribution in [0, 0.1) is 5.92 Å². The van der Waals surface area contributed by atoms with Gasteiger partial charge >= 0.3 is 12.1 Å². The van der Waals surface area contributed by atoms with Crippen molar-refractivity contribution in [1.29, 1.82) is 0 Å². The van der Waals surface area contributed by atoms with Gasteiger partial charge in [-0.2, -0.15) is 13.2 Å². The fraction of sp³-hybridized carbons (Fsp3) is 0.333. The monoisotopic (exact) mass is 310 g/mol. The van der Waals surface area contributed by atoms with Crippen molar-refractivity contribution >= 4 is 22.6 Å². The second-order valence-corrected chi connectivity index (χ2v) is 5.46. The first-order chi connectivity index (χ1) is 10.3. The number of nitrogens with zero attached hydrogens (tertiary/aromatic N) is 2. The molecule has 0 aliphatic carbocycles. The molecule has 0 unspecified atom stereocenters.